The first-order valence-electron chi connectivity index (χ1n) is 20.9. The molecule has 3 nitrogen and oxygen atoms in total. The highest BCUT2D eigenvalue weighted by atomic mass is 16.3. The molecule has 13 rings (SSSR count). The van der Waals surface area contributed by atoms with Crippen LogP contribution in [0.25, 0.3) is 104 Å². The largest absolute Gasteiger partial charge is 0.455 e. The van der Waals surface area contributed by atoms with Gasteiger partial charge in [-0.2, -0.15) is 0 Å². The summed E-state index contributed by atoms with van der Waals surface area (Å²) < 4.78 is 9.17. The van der Waals surface area contributed by atoms with Crippen LogP contribution in [0, 0.1) is 0 Å². The second-order valence-corrected chi connectivity index (χ2v) is 16.1. The van der Waals surface area contributed by atoms with Gasteiger partial charge < -0.3 is 13.9 Å². The molecule has 0 fully saturated rings. The lowest BCUT2D eigenvalue weighted by Gasteiger charge is -2.27. The second-order valence-electron chi connectivity index (χ2n) is 16.1. The zero-order chi connectivity index (χ0) is 40.0. The first-order chi connectivity index (χ1) is 30.2. The van der Waals surface area contributed by atoms with E-state index >= 15 is 0 Å². The maximum Gasteiger partial charge on any atom is 0.145 e. The van der Waals surface area contributed by atoms with Crippen LogP contribution in [0.5, 0.6) is 0 Å². The summed E-state index contributed by atoms with van der Waals surface area (Å²) in [7, 11) is 0. The lowest BCUT2D eigenvalue weighted by atomic mass is 9.99. The number of hydrogen-bond donors (Lipinski definition) is 0. The summed E-state index contributed by atoms with van der Waals surface area (Å²) in [5.41, 5.74) is 10.9. The van der Waals surface area contributed by atoms with E-state index in [0.29, 0.717) is 0 Å². The molecular weight excluding hydrogens is 741 g/mol. The molecule has 0 saturated heterocycles. The molecule has 0 saturated carbocycles. The number of hydrogen-bond acceptors (Lipinski definition) is 2. The highest BCUT2D eigenvalue weighted by Crippen LogP contribution is 2.47. The van der Waals surface area contributed by atoms with E-state index in [2.05, 4.69) is 228 Å². The van der Waals surface area contributed by atoms with Crippen molar-refractivity contribution in [2.75, 3.05) is 4.90 Å². The Bertz CT molecular complexity index is 3880. The second kappa shape index (κ2) is 13.2. The molecule has 0 radical (unpaired) electrons. The molecule has 13 aromatic rings. The molecule has 2 heterocycles. The average Bonchev–Trinajstić information content (AvgIpc) is 3.89. The maximum atomic E-state index is 6.73. The third-order valence-corrected chi connectivity index (χ3v) is 12.7. The van der Waals surface area contributed by atoms with Crippen LogP contribution in [0.4, 0.5) is 17.1 Å². The van der Waals surface area contributed by atoms with Crippen LogP contribution >= 0.6 is 0 Å². The van der Waals surface area contributed by atoms with Crippen molar-refractivity contribution in [3.63, 3.8) is 0 Å². The summed E-state index contributed by atoms with van der Waals surface area (Å²) in [5, 5.41) is 14.3. The number of benzene rings is 11. The maximum absolute atomic E-state index is 6.73. The Balaban J connectivity index is 1.03. The molecule has 0 bridgehead atoms. The minimum atomic E-state index is 0.881. The molecule has 61 heavy (non-hydrogen) atoms. The monoisotopic (exact) mass is 776 g/mol. The van der Waals surface area contributed by atoms with E-state index in [1.54, 1.807) is 0 Å². The first kappa shape index (κ1) is 33.8. The molecule has 0 spiro atoms. The van der Waals surface area contributed by atoms with Gasteiger partial charge in [-0.15, -0.1) is 0 Å². The predicted octanol–water partition coefficient (Wildman–Crippen LogP) is 16.4. The summed E-state index contributed by atoms with van der Waals surface area (Å²) in [5.74, 6) is 0. The highest BCUT2D eigenvalue weighted by Gasteiger charge is 2.23. The molecular formula is C58H36N2O. The minimum absolute atomic E-state index is 0.881. The Kier molecular flexibility index (Phi) is 7.31. The minimum Gasteiger partial charge on any atom is -0.455 e. The molecule has 0 aliphatic carbocycles. The molecule has 0 atom stereocenters. The fourth-order valence-electron chi connectivity index (χ4n) is 9.88. The molecule has 0 aliphatic rings. The van der Waals surface area contributed by atoms with E-state index in [1.165, 1.54) is 59.7 Å². The normalized spacial score (nSPS) is 11.9. The van der Waals surface area contributed by atoms with E-state index in [-0.39, 0.29) is 0 Å². The van der Waals surface area contributed by atoms with Gasteiger partial charge in [0.1, 0.15) is 11.2 Å². The SMILES string of the molecule is c1ccc(-n2c3cc(-c4ccc(N(c5ccc6ccc7ccccc7c6c5)c5cc6ccccc6c6oc7ccccc7c56)cc4)ccc3c3ccc4ccccc4c32)cc1. The van der Waals surface area contributed by atoms with E-state index in [0.717, 1.165) is 61.0 Å². The predicted molar refractivity (Wildman–Crippen MR) is 258 cm³/mol. The van der Waals surface area contributed by atoms with E-state index < -0.39 is 0 Å². The molecule has 3 heteroatoms. The standard InChI is InChI=1S/C58H36N2O/c1-2-15-43(16-3-1)60-53-34-41(28-32-49(53)50-33-27-39-13-5-8-18-47(39)57(50)60)37-24-29-44(30-25-37)59(45-31-26-40-23-22-38-12-4-7-17-46(38)52(40)36-45)54-35-42-14-6-9-19-48(42)58-56(54)51-20-10-11-21-55(51)61-58/h1-36H. The van der Waals surface area contributed by atoms with Crippen molar-refractivity contribution in [3.05, 3.63) is 218 Å². The Morgan fingerprint density at radius 3 is 1.77 bits per heavy atom. The topological polar surface area (TPSA) is 21.3 Å². The smallest absolute Gasteiger partial charge is 0.145 e. The van der Waals surface area contributed by atoms with Gasteiger partial charge in [-0.3, -0.25) is 0 Å². The third kappa shape index (κ3) is 5.17. The van der Waals surface area contributed by atoms with Crippen molar-refractivity contribution in [1.82, 2.24) is 4.57 Å². The molecule has 0 N–H and O–H groups in total. The van der Waals surface area contributed by atoms with Crippen molar-refractivity contribution >= 4 is 104 Å². The lowest BCUT2D eigenvalue weighted by molar-refractivity contribution is 0.672. The van der Waals surface area contributed by atoms with Crippen molar-refractivity contribution in [2.24, 2.45) is 0 Å². The average molecular weight is 777 g/mol. The Labute approximate surface area is 351 Å². The summed E-state index contributed by atoms with van der Waals surface area (Å²) in [4.78, 5) is 2.42. The quantitative estimate of drug-likeness (QED) is 0.162. The summed E-state index contributed by atoms with van der Waals surface area (Å²) in [6.45, 7) is 0. The van der Waals surface area contributed by atoms with E-state index in [1.807, 2.05) is 0 Å². The number of aromatic nitrogens is 1. The van der Waals surface area contributed by atoms with Crippen LogP contribution < -0.4 is 4.90 Å². The first-order valence-corrected chi connectivity index (χ1v) is 20.9. The summed E-state index contributed by atoms with van der Waals surface area (Å²) in [6, 6.07) is 79.3. The lowest BCUT2D eigenvalue weighted by Crippen LogP contribution is -2.10. The van der Waals surface area contributed by atoms with Gasteiger partial charge >= 0.3 is 0 Å². The summed E-state index contributed by atoms with van der Waals surface area (Å²) in [6.07, 6.45) is 0. The van der Waals surface area contributed by atoms with E-state index in [4.69, 9.17) is 4.42 Å². The van der Waals surface area contributed by atoms with Gasteiger partial charge in [0.15, 0.2) is 0 Å². The van der Waals surface area contributed by atoms with Gasteiger partial charge in [0, 0.05) is 44.0 Å². The van der Waals surface area contributed by atoms with Crippen molar-refractivity contribution < 1.29 is 4.42 Å². The van der Waals surface area contributed by atoms with Crippen molar-refractivity contribution in [3.8, 4) is 16.8 Å². The van der Waals surface area contributed by atoms with Crippen LogP contribution in [-0.2, 0) is 0 Å². The molecule has 2 aromatic heterocycles. The van der Waals surface area contributed by atoms with Gasteiger partial charge in [0.25, 0.3) is 0 Å². The number of para-hydroxylation sites is 2. The summed E-state index contributed by atoms with van der Waals surface area (Å²) >= 11 is 0. The number of rotatable bonds is 5. The molecule has 0 aliphatic heterocycles. The molecule has 11 aromatic carbocycles. The van der Waals surface area contributed by atoms with Crippen LogP contribution in [0.2, 0.25) is 0 Å². The number of nitrogens with zero attached hydrogens (tertiary/aromatic N) is 2. The molecule has 0 unspecified atom stereocenters. The zero-order valence-corrected chi connectivity index (χ0v) is 33.1. The van der Waals surface area contributed by atoms with Crippen molar-refractivity contribution in [1.29, 1.82) is 0 Å². The number of furan rings is 1. The van der Waals surface area contributed by atoms with Gasteiger partial charge in [-0.05, 0) is 98.0 Å². The number of fused-ring (bicyclic) bond motifs is 13. The van der Waals surface area contributed by atoms with Crippen LogP contribution in [0.1, 0.15) is 0 Å². The van der Waals surface area contributed by atoms with Crippen LogP contribution in [-0.4, -0.2) is 4.57 Å². The van der Waals surface area contributed by atoms with Gasteiger partial charge in [0.2, 0.25) is 0 Å². The van der Waals surface area contributed by atoms with Gasteiger partial charge in [-0.1, -0.05) is 164 Å². The highest BCUT2D eigenvalue weighted by molar-refractivity contribution is 6.22. The van der Waals surface area contributed by atoms with Crippen LogP contribution in [0.15, 0.2) is 223 Å². The fourth-order valence-corrected chi connectivity index (χ4v) is 9.88. The third-order valence-electron chi connectivity index (χ3n) is 12.7. The molecule has 0 amide bonds. The zero-order valence-electron chi connectivity index (χ0n) is 33.1. The molecule has 284 valence electrons. The Morgan fingerprint density at radius 2 is 0.951 bits per heavy atom. The Morgan fingerprint density at radius 1 is 0.361 bits per heavy atom. The van der Waals surface area contributed by atoms with Gasteiger partial charge in [-0.25, -0.2) is 0 Å². The van der Waals surface area contributed by atoms with Gasteiger partial charge in [0.05, 0.1) is 22.1 Å². The fraction of sp³-hybridized carbons (Fsp3) is 0. The number of anilines is 3. The van der Waals surface area contributed by atoms with E-state index in [9.17, 15) is 0 Å². The van der Waals surface area contributed by atoms with Crippen LogP contribution in [0.3, 0.4) is 0 Å². The Hall–Kier alpha value is -8.14. The van der Waals surface area contributed by atoms with Crippen molar-refractivity contribution in [2.45, 2.75) is 0 Å².